The molecule has 0 saturated heterocycles. The van der Waals surface area contributed by atoms with E-state index in [1.165, 1.54) is 5.56 Å². The van der Waals surface area contributed by atoms with Crippen molar-refractivity contribution in [3.8, 4) is 0 Å². The second-order valence-electron chi connectivity index (χ2n) is 4.10. The summed E-state index contributed by atoms with van der Waals surface area (Å²) in [4.78, 5) is 12.7. The largest absolute Gasteiger partial charge is 0.481 e. The molecule has 0 aliphatic heterocycles. The summed E-state index contributed by atoms with van der Waals surface area (Å²) in [6.07, 6.45) is 1.15. The Morgan fingerprint density at radius 3 is 2.47 bits per heavy atom. The minimum atomic E-state index is -0.748. The lowest BCUT2D eigenvalue weighted by molar-refractivity contribution is -0.137. The minimum Gasteiger partial charge on any atom is -0.481 e. The van der Waals surface area contributed by atoms with Crippen LogP contribution in [0.2, 0.25) is 0 Å². The second kappa shape index (κ2) is 6.77. The second-order valence-corrected chi connectivity index (χ2v) is 5.02. The van der Waals surface area contributed by atoms with Crippen LogP contribution in [0.3, 0.4) is 0 Å². The van der Waals surface area contributed by atoms with Gasteiger partial charge in [0.15, 0.2) is 0 Å². The zero-order chi connectivity index (χ0) is 12.8. The molecule has 4 heteroatoms. The third-order valence-electron chi connectivity index (χ3n) is 2.85. The maximum Gasteiger partial charge on any atom is 0.304 e. The SMILES string of the molecule is CCC(c1ccc(Br)cc1)N(C)CCC(=O)O. The van der Waals surface area contributed by atoms with Gasteiger partial charge in [-0.3, -0.25) is 9.69 Å². The number of nitrogens with zero attached hydrogens (tertiary/aromatic N) is 1. The quantitative estimate of drug-likeness (QED) is 0.876. The summed E-state index contributed by atoms with van der Waals surface area (Å²) in [5, 5.41) is 8.69. The number of hydrogen-bond acceptors (Lipinski definition) is 2. The highest BCUT2D eigenvalue weighted by Crippen LogP contribution is 2.24. The van der Waals surface area contributed by atoms with E-state index in [2.05, 4.69) is 39.9 Å². The van der Waals surface area contributed by atoms with Crippen LogP contribution in [-0.2, 0) is 4.79 Å². The zero-order valence-corrected chi connectivity index (χ0v) is 11.8. The van der Waals surface area contributed by atoms with Crippen LogP contribution in [-0.4, -0.2) is 29.6 Å². The normalized spacial score (nSPS) is 12.7. The van der Waals surface area contributed by atoms with Gasteiger partial charge >= 0.3 is 5.97 Å². The van der Waals surface area contributed by atoms with Crippen LogP contribution in [0, 0.1) is 0 Å². The van der Waals surface area contributed by atoms with Gasteiger partial charge in [0.1, 0.15) is 0 Å². The molecule has 1 aromatic rings. The molecule has 0 aliphatic rings. The lowest BCUT2D eigenvalue weighted by Crippen LogP contribution is -2.26. The van der Waals surface area contributed by atoms with Gasteiger partial charge in [0.25, 0.3) is 0 Å². The number of carboxylic acid groups (broad SMARTS) is 1. The van der Waals surface area contributed by atoms with Crippen molar-refractivity contribution >= 4 is 21.9 Å². The molecule has 0 aliphatic carbocycles. The molecular weight excluding hydrogens is 282 g/mol. The maximum atomic E-state index is 10.6. The molecule has 0 spiro atoms. The highest BCUT2D eigenvalue weighted by molar-refractivity contribution is 9.10. The first-order valence-corrected chi connectivity index (χ1v) is 6.51. The molecular formula is C13H18BrNO2. The van der Waals surface area contributed by atoms with Crippen molar-refractivity contribution in [2.24, 2.45) is 0 Å². The van der Waals surface area contributed by atoms with Crippen molar-refractivity contribution in [1.82, 2.24) is 4.90 Å². The molecule has 0 heterocycles. The number of benzene rings is 1. The Kier molecular flexibility index (Phi) is 5.65. The van der Waals surface area contributed by atoms with Gasteiger partial charge in [-0.25, -0.2) is 0 Å². The summed E-state index contributed by atoms with van der Waals surface area (Å²) >= 11 is 3.41. The number of halogens is 1. The Labute approximate surface area is 111 Å². The molecule has 94 valence electrons. The molecule has 17 heavy (non-hydrogen) atoms. The van der Waals surface area contributed by atoms with Gasteiger partial charge in [-0.05, 0) is 31.2 Å². The van der Waals surface area contributed by atoms with Crippen LogP contribution in [0.15, 0.2) is 28.7 Å². The van der Waals surface area contributed by atoms with Crippen molar-refractivity contribution in [3.05, 3.63) is 34.3 Å². The van der Waals surface area contributed by atoms with Gasteiger partial charge in [-0.2, -0.15) is 0 Å². The van der Waals surface area contributed by atoms with Crippen molar-refractivity contribution in [1.29, 1.82) is 0 Å². The molecule has 1 N–H and O–H groups in total. The summed E-state index contributed by atoms with van der Waals surface area (Å²) in [7, 11) is 1.97. The molecule has 3 nitrogen and oxygen atoms in total. The monoisotopic (exact) mass is 299 g/mol. The van der Waals surface area contributed by atoms with Gasteiger partial charge in [0.05, 0.1) is 6.42 Å². The van der Waals surface area contributed by atoms with Crippen LogP contribution in [0.4, 0.5) is 0 Å². The summed E-state index contributed by atoms with van der Waals surface area (Å²) in [6, 6.07) is 8.47. The molecule has 0 bridgehead atoms. The predicted octanol–water partition coefficient (Wildman–Crippen LogP) is 3.31. The molecule has 1 aromatic carbocycles. The number of rotatable bonds is 6. The summed E-state index contributed by atoms with van der Waals surface area (Å²) in [6.45, 7) is 2.69. The molecule has 0 amide bonds. The van der Waals surface area contributed by atoms with Gasteiger partial charge < -0.3 is 5.11 Å². The smallest absolute Gasteiger partial charge is 0.304 e. The van der Waals surface area contributed by atoms with E-state index in [1.807, 2.05) is 19.2 Å². The summed E-state index contributed by atoms with van der Waals surface area (Å²) in [5.74, 6) is -0.748. The molecule has 1 rings (SSSR count). The standard InChI is InChI=1S/C13H18BrNO2/c1-3-12(15(2)9-8-13(16)17)10-4-6-11(14)7-5-10/h4-7,12H,3,8-9H2,1-2H3,(H,16,17). The zero-order valence-electron chi connectivity index (χ0n) is 10.2. The average Bonchev–Trinajstić information content (AvgIpc) is 2.30. The molecule has 0 radical (unpaired) electrons. The molecule has 0 saturated carbocycles. The molecule has 1 atom stereocenters. The Morgan fingerprint density at radius 1 is 1.41 bits per heavy atom. The van der Waals surface area contributed by atoms with Crippen LogP contribution in [0.1, 0.15) is 31.4 Å². The van der Waals surface area contributed by atoms with Gasteiger partial charge in [0, 0.05) is 17.1 Å². The highest BCUT2D eigenvalue weighted by Gasteiger charge is 2.15. The average molecular weight is 300 g/mol. The Hall–Kier alpha value is -0.870. The van der Waals surface area contributed by atoms with E-state index in [0.717, 1.165) is 10.9 Å². The van der Waals surface area contributed by atoms with Gasteiger partial charge in [0.2, 0.25) is 0 Å². The Bertz CT molecular complexity index is 364. The van der Waals surface area contributed by atoms with Crippen molar-refractivity contribution in [2.75, 3.05) is 13.6 Å². The Morgan fingerprint density at radius 2 is 2.00 bits per heavy atom. The first-order valence-electron chi connectivity index (χ1n) is 5.72. The van der Waals surface area contributed by atoms with Crippen LogP contribution in [0.25, 0.3) is 0 Å². The summed E-state index contributed by atoms with van der Waals surface area (Å²) in [5.41, 5.74) is 1.23. The van der Waals surface area contributed by atoms with E-state index in [9.17, 15) is 4.79 Å². The van der Waals surface area contributed by atoms with Gasteiger partial charge in [-0.1, -0.05) is 35.0 Å². The topological polar surface area (TPSA) is 40.5 Å². The maximum absolute atomic E-state index is 10.6. The number of aliphatic carboxylic acids is 1. The van der Waals surface area contributed by atoms with Crippen molar-refractivity contribution in [2.45, 2.75) is 25.8 Å². The van der Waals surface area contributed by atoms with Crippen LogP contribution < -0.4 is 0 Å². The lowest BCUT2D eigenvalue weighted by Gasteiger charge is -2.27. The van der Waals surface area contributed by atoms with E-state index in [0.29, 0.717) is 6.54 Å². The van der Waals surface area contributed by atoms with E-state index in [4.69, 9.17) is 5.11 Å². The van der Waals surface area contributed by atoms with E-state index >= 15 is 0 Å². The van der Waals surface area contributed by atoms with Crippen molar-refractivity contribution < 1.29 is 9.90 Å². The number of carboxylic acids is 1. The Balaban J connectivity index is 2.69. The fourth-order valence-corrected chi connectivity index (χ4v) is 2.18. The first kappa shape index (κ1) is 14.2. The fourth-order valence-electron chi connectivity index (χ4n) is 1.91. The van der Waals surface area contributed by atoms with E-state index in [1.54, 1.807) is 0 Å². The lowest BCUT2D eigenvalue weighted by atomic mass is 10.0. The first-order chi connectivity index (χ1) is 8.04. The highest BCUT2D eigenvalue weighted by atomic mass is 79.9. The predicted molar refractivity (Wildman–Crippen MR) is 72.1 cm³/mol. The van der Waals surface area contributed by atoms with Gasteiger partial charge in [-0.15, -0.1) is 0 Å². The molecule has 1 unspecified atom stereocenters. The third kappa shape index (κ3) is 4.48. The fraction of sp³-hybridized carbons (Fsp3) is 0.462. The number of hydrogen-bond donors (Lipinski definition) is 1. The van der Waals surface area contributed by atoms with Crippen molar-refractivity contribution in [3.63, 3.8) is 0 Å². The molecule has 0 fully saturated rings. The molecule has 0 aromatic heterocycles. The minimum absolute atomic E-state index is 0.184. The number of carbonyl (C=O) groups is 1. The van der Waals surface area contributed by atoms with Crippen LogP contribution >= 0.6 is 15.9 Å². The van der Waals surface area contributed by atoms with E-state index < -0.39 is 5.97 Å². The van der Waals surface area contributed by atoms with E-state index in [-0.39, 0.29) is 12.5 Å². The third-order valence-corrected chi connectivity index (χ3v) is 3.38. The van der Waals surface area contributed by atoms with Crippen LogP contribution in [0.5, 0.6) is 0 Å². The summed E-state index contributed by atoms with van der Waals surface area (Å²) < 4.78 is 1.06.